The average molecular weight is 1510 g/mol. The van der Waals surface area contributed by atoms with Crippen LogP contribution in [0.1, 0.15) is 319 Å². The first kappa shape index (κ1) is 94.5. The minimum absolute atomic E-state index is 0.0304. The number of nitrogens with zero attached hydrogens (tertiary/aromatic N) is 1. The van der Waals surface area contributed by atoms with Gasteiger partial charge < -0.3 is 62.5 Å². The summed E-state index contributed by atoms with van der Waals surface area (Å²) >= 11 is 0. The van der Waals surface area contributed by atoms with E-state index < -0.39 is 126 Å². The van der Waals surface area contributed by atoms with Crippen LogP contribution in [0.4, 0.5) is 0 Å². The molecule has 1 saturated carbocycles. The number of unbranched alkanes of at least 4 members (excludes halogenated alkanes) is 24. The van der Waals surface area contributed by atoms with Crippen molar-refractivity contribution in [3.05, 3.63) is 36.0 Å². The Balaban J connectivity index is 1.37. The summed E-state index contributed by atoms with van der Waals surface area (Å²) in [5, 5.41) is 24.3. The number of amides is 1. The number of hydrogen-bond donors (Lipinski definition) is 2. The third-order valence-corrected chi connectivity index (χ3v) is 22.5. The van der Waals surface area contributed by atoms with Gasteiger partial charge in [0, 0.05) is 77.7 Å². The zero-order valence-electron chi connectivity index (χ0n) is 68.1. The standard InChI is InChI=1S/C86H145NO20/c1-13-16-18-20-22-24-26-28-30-32-34-36-38-44-77(90)101-58-69(59-102-78(91)45-39-37-35-33-31-29-27-25-23-21-19-17-14-2)105-80(93)53-63(6)52-79(92)104-60-103-73-47-46-67(56-74(73)98-10)54-64(7)81-66(9)71(88)57-72(89)68(42-15-3)50-61(4)49-62(5)51-75(99-11)82-76(100-12)55-65(8)86(97,107-82)83(94)84(95)87-48-41-40-43-70(87)85(96)106-81/h15,50,54,62-63,65-71,73-76,81-82,88,97H,3,13-14,16-49,51-53,55-60H2,1-2,4-12H3/b61-50+,64-54+/t62-,63?,65+,66+,67-,68+,70-,71-,73+,74+,75-,76-,81+,82+,86+/m0/s1. The second-order valence-electron chi connectivity index (χ2n) is 32.0. The van der Waals surface area contributed by atoms with E-state index in [4.69, 9.17) is 47.4 Å². The smallest absolute Gasteiger partial charge is 0.329 e. The van der Waals surface area contributed by atoms with Gasteiger partial charge >= 0.3 is 29.8 Å². The van der Waals surface area contributed by atoms with Gasteiger partial charge in [0.25, 0.3) is 11.7 Å². The molecule has 2 saturated heterocycles. The Morgan fingerprint density at radius 3 is 1.68 bits per heavy atom. The number of allylic oxidation sites excluding steroid dienone is 4. The summed E-state index contributed by atoms with van der Waals surface area (Å²) in [5.41, 5.74) is 1.50. The topological polar surface area (TPSA) is 273 Å². The quantitative estimate of drug-likeness (QED) is 0.0143. The summed E-state index contributed by atoms with van der Waals surface area (Å²) in [6.45, 7) is 18.3. The Labute approximate surface area is 643 Å². The van der Waals surface area contributed by atoms with Crippen LogP contribution in [-0.4, -0.2) is 171 Å². The van der Waals surface area contributed by atoms with Crippen LogP contribution in [0.15, 0.2) is 36.0 Å². The fourth-order valence-electron chi connectivity index (χ4n) is 15.9. The number of piperidine rings is 1. The first-order valence-electron chi connectivity index (χ1n) is 41.9. The van der Waals surface area contributed by atoms with Crippen molar-refractivity contribution in [2.75, 3.05) is 47.9 Å². The van der Waals surface area contributed by atoms with E-state index in [1.807, 2.05) is 26.0 Å². The Morgan fingerprint density at radius 1 is 0.645 bits per heavy atom. The maximum Gasteiger partial charge on any atom is 0.329 e. The van der Waals surface area contributed by atoms with E-state index in [1.165, 1.54) is 130 Å². The molecule has 1 amide bonds. The maximum absolute atomic E-state index is 14.8. The van der Waals surface area contributed by atoms with E-state index in [0.29, 0.717) is 69.8 Å². The number of aliphatic hydroxyl groups excluding tert-OH is 1. The number of carbonyl (C=O) groups is 8. The molecule has 614 valence electrons. The highest BCUT2D eigenvalue weighted by atomic mass is 16.7. The van der Waals surface area contributed by atoms with Gasteiger partial charge in [-0.1, -0.05) is 219 Å². The number of ketones is 2. The van der Waals surface area contributed by atoms with Crippen LogP contribution >= 0.6 is 0 Å². The zero-order valence-corrected chi connectivity index (χ0v) is 68.1. The van der Waals surface area contributed by atoms with E-state index in [1.54, 1.807) is 40.9 Å². The molecule has 1 unspecified atom stereocenters. The van der Waals surface area contributed by atoms with Crippen LogP contribution in [0.25, 0.3) is 0 Å². The van der Waals surface area contributed by atoms with Gasteiger partial charge in [-0.15, -0.1) is 6.58 Å². The second kappa shape index (κ2) is 53.9. The van der Waals surface area contributed by atoms with Gasteiger partial charge in [-0.2, -0.15) is 0 Å². The number of methoxy groups -OCH3 is 3. The predicted molar refractivity (Wildman–Crippen MR) is 413 cm³/mol. The summed E-state index contributed by atoms with van der Waals surface area (Å²) in [7, 11) is 4.59. The Hall–Kier alpha value is -4.90. The van der Waals surface area contributed by atoms with Crippen molar-refractivity contribution in [2.24, 2.45) is 35.5 Å². The van der Waals surface area contributed by atoms with Crippen LogP contribution in [0.3, 0.4) is 0 Å². The molecular weight excluding hydrogens is 1370 g/mol. The van der Waals surface area contributed by atoms with Gasteiger partial charge in [-0.25, -0.2) is 4.79 Å². The molecule has 4 aliphatic rings. The lowest BCUT2D eigenvalue weighted by atomic mass is 9.81. The first-order chi connectivity index (χ1) is 51.4. The molecule has 0 aromatic heterocycles. The van der Waals surface area contributed by atoms with Crippen molar-refractivity contribution in [2.45, 2.75) is 379 Å². The molecule has 2 bridgehead atoms. The third kappa shape index (κ3) is 35.6. The Bertz CT molecular complexity index is 2620. The lowest BCUT2D eigenvalue weighted by molar-refractivity contribution is -0.302. The Kier molecular flexibility index (Phi) is 47.6. The summed E-state index contributed by atoms with van der Waals surface area (Å²) in [5.74, 6) is -11.0. The highest BCUT2D eigenvalue weighted by Gasteiger charge is 2.57. The van der Waals surface area contributed by atoms with Crippen molar-refractivity contribution in [3.8, 4) is 0 Å². The third-order valence-electron chi connectivity index (χ3n) is 22.5. The number of Topliss-reactive ketones (excluding diaryl/α,β-unsaturated/α-hetero) is 2. The fourth-order valence-corrected chi connectivity index (χ4v) is 15.9. The van der Waals surface area contributed by atoms with Gasteiger partial charge in [0.1, 0.15) is 37.2 Å². The number of hydrogen-bond acceptors (Lipinski definition) is 20. The van der Waals surface area contributed by atoms with E-state index in [-0.39, 0.29) is 89.1 Å². The van der Waals surface area contributed by atoms with Crippen LogP contribution in [0, 0.1) is 35.5 Å². The van der Waals surface area contributed by atoms with Gasteiger partial charge in [0.2, 0.25) is 5.79 Å². The maximum atomic E-state index is 14.8. The SMILES string of the molecule is C=CC[C@@H]1/C=C(\C)C[C@H](C)C[C@H](OC)[C@H]2O[C@@](O)(C(=O)C(=O)N3CCCC[C@H]3C(=O)O[C@H](/C(C)=C/[C@@H]3CC[C@@H](OCOC(=O)CC(C)CC(=O)OC(COC(=O)CCCCCCCCCCCCCCC)COC(=O)CCCCCCCCCCCCCCC)[C@H](OC)C3)[C@H](C)[C@@H](O)CC1=O)[C@H](C)C[C@@H]2OC. The molecule has 2 N–H and O–H groups in total. The molecule has 0 aromatic carbocycles. The van der Waals surface area contributed by atoms with Crippen LogP contribution < -0.4 is 0 Å². The fraction of sp³-hybridized carbons (Fsp3) is 0.837. The molecule has 4 rings (SSSR count). The molecular formula is C86H145NO20. The van der Waals surface area contributed by atoms with Crippen molar-refractivity contribution < 1.29 is 95.9 Å². The summed E-state index contributed by atoms with van der Waals surface area (Å²) < 4.78 is 59.2. The molecule has 15 atom stereocenters. The molecule has 107 heavy (non-hydrogen) atoms. The van der Waals surface area contributed by atoms with E-state index in [9.17, 15) is 48.6 Å². The molecule has 3 fully saturated rings. The van der Waals surface area contributed by atoms with Gasteiger partial charge in [0.15, 0.2) is 12.9 Å². The molecule has 21 nitrogen and oxygen atoms in total. The predicted octanol–water partition coefficient (Wildman–Crippen LogP) is 16.5. The van der Waals surface area contributed by atoms with Crippen molar-refractivity contribution in [3.63, 3.8) is 0 Å². The van der Waals surface area contributed by atoms with Gasteiger partial charge in [-0.05, 0) is 114 Å². The molecule has 3 heterocycles. The average Bonchev–Trinajstić information content (AvgIpc) is 0.800. The second-order valence-corrected chi connectivity index (χ2v) is 32.0. The van der Waals surface area contributed by atoms with Crippen LogP contribution in [0.2, 0.25) is 0 Å². The van der Waals surface area contributed by atoms with Gasteiger partial charge in [-0.3, -0.25) is 33.6 Å². The minimum atomic E-state index is -2.57. The van der Waals surface area contributed by atoms with Crippen molar-refractivity contribution in [1.82, 2.24) is 4.90 Å². The molecule has 0 aromatic rings. The monoisotopic (exact) mass is 1510 g/mol. The molecule has 1 aliphatic carbocycles. The molecule has 3 aliphatic heterocycles. The van der Waals surface area contributed by atoms with Gasteiger partial charge in [0.05, 0.1) is 30.5 Å². The van der Waals surface area contributed by atoms with E-state index in [0.717, 1.165) is 49.0 Å². The van der Waals surface area contributed by atoms with E-state index >= 15 is 0 Å². The number of rotatable bonds is 47. The normalized spacial score (nSPS) is 27.5. The van der Waals surface area contributed by atoms with Crippen LogP contribution in [-0.2, 0) is 85.7 Å². The molecule has 0 spiro atoms. The Morgan fingerprint density at radius 2 is 1.16 bits per heavy atom. The summed E-state index contributed by atoms with van der Waals surface area (Å²) in [6.07, 6.45) is 33.8. The largest absolute Gasteiger partial charge is 0.462 e. The summed E-state index contributed by atoms with van der Waals surface area (Å²) in [6, 6.07) is -1.23. The van der Waals surface area contributed by atoms with Crippen molar-refractivity contribution in [1.29, 1.82) is 0 Å². The highest BCUT2D eigenvalue weighted by Crippen LogP contribution is 2.40. The number of fused-ring (bicyclic) bond motifs is 3. The summed E-state index contributed by atoms with van der Waals surface area (Å²) in [4.78, 5) is 112. The highest BCUT2D eigenvalue weighted by molar-refractivity contribution is 6.39. The number of aliphatic hydroxyl groups is 2. The lowest BCUT2D eigenvalue weighted by Crippen LogP contribution is -2.64. The molecule has 21 heteroatoms. The van der Waals surface area contributed by atoms with Crippen LogP contribution in [0.5, 0.6) is 0 Å². The number of esters is 5. The van der Waals surface area contributed by atoms with Crippen molar-refractivity contribution >= 4 is 47.3 Å². The lowest BCUT2D eigenvalue weighted by Gasteiger charge is -2.47. The first-order valence-corrected chi connectivity index (χ1v) is 41.9. The zero-order chi connectivity index (χ0) is 78.5. The minimum Gasteiger partial charge on any atom is -0.462 e. The number of carbonyl (C=O) groups excluding carboxylic acids is 8. The van der Waals surface area contributed by atoms with E-state index in [2.05, 4.69) is 20.4 Å². The number of cyclic esters (lactones) is 1. The number of ether oxygens (including phenoxy) is 10. The molecule has 0 radical (unpaired) electrons.